The smallest absolute Gasteiger partial charge is 0.257 e. The zero-order valence-electron chi connectivity index (χ0n) is 12.2. The van der Waals surface area contributed by atoms with Gasteiger partial charge in [-0.3, -0.25) is 9.59 Å². The lowest BCUT2D eigenvalue weighted by Crippen LogP contribution is -2.45. The second-order valence-electron chi connectivity index (χ2n) is 5.41. The Hall–Kier alpha value is -2.24. The molecule has 2 amide bonds. The summed E-state index contributed by atoms with van der Waals surface area (Å²) in [6.07, 6.45) is 0. The van der Waals surface area contributed by atoms with Crippen molar-refractivity contribution in [1.29, 1.82) is 0 Å². The van der Waals surface area contributed by atoms with Crippen LogP contribution in [0.2, 0.25) is 0 Å². The fourth-order valence-electron chi connectivity index (χ4n) is 1.67. The van der Waals surface area contributed by atoms with Crippen molar-refractivity contribution in [3.05, 3.63) is 23.8 Å². The zero-order valence-corrected chi connectivity index (χ0v) is 12.2. The van der Waals surface area contributed by atoms with E-state index in [1.54, 1.807) is 18.2 Å². The molecule has 0 aliphatic carbocycles. The number of hydrogen-bond acceptors (Lipinski definition) is 4. The Bertz CT molecular complexity index is 507. The Labute approximate surface area is 118 Å². The van der Waals surface area contributed by atoms with E-state index < -0.39 is 5.91 Å². The first kappa shape index (κ1) is 15.8. The van der Waals surface area contributed by atoms with Crippen LogP contribution in [0.25, 0.3) is 0 Å². The van der Waals surface area contributed by atoms with Crippen LogP contribution in [0.5, 0.6) is 5.75 Å². The standard InChI is InChI=1S/C14H21N3O3/c1-14(2,3)17-11(18)8-16-13(19)12-9(15)6-5-7-10(12)20-4/h5-7H,8,15H2,1-4H3,(H,16,19)(H,17,18). The number of nitrogens with one attached hydrogen (secondary N) is 2. The molecule has 0 heterocycles. The Morgan fingerprint density at radius 3 is 2.50 bits per heavy atom. The highest BCUT2D eigenvalue weighted by atomic mass is 16.5. The van der Waals surface area contributed by atoms with E-state index in [1.807, 2.05) is 20.8 Å². The summed E-state index contributed by atoms with van der Waals surface area (Å²) in [5.41, 5.74) is 5.96. The van der Waals surface area contributed by atoms with Crippen molar-refractivity contribution in [2.45, 2.75) is 26.3 Å². The number of carbonyl (C=O) groups excluding carboxylic acids is 2. The third-order valence-corrected chi connectivity index (χ3v) is 2.43. The summed E-state index contributed by atoms with van der Waals surface area (Å²) in [6, 6.07) is 4.93. The number of benzene rings is 1. The third-order valence-electron chi connectivity index (χ3n) is 2.43. The van der Waals surface area contributed by atoms with E-state index in [0.717, 1.165) is 0 Å². The molecule has 4 N–H and O–H groups in total. The Balaban J connectivity index is 2.71. The lowest BCUT2D eigenvalue weighted by molar-refractivity contribution is -0.121. The van der Waals surface area contributed by atoms with Crippen molar-refractivity contribution >= 4 is 17.5 Å². The van der Waals surface area contributed by atoms with E-state index in [0.29, 0.717) is 11.4 Å². The number of methoxy groups -OCH3 is 1. The number of rotatable bonds is 4. The molecule has 20 heavy (non-hydrogen) atoms. The van der Waals surface area contributed by atoms with Crippen molar-refractivity contribution in [3.63, 3.8) is 0 Å². The first-order chi connectivity index (χ1) is 9.24. The summed E-state index contributed by atoms with van der Waals surface area (Å²) in [7, 11) is 1.46. The van der Waals surface area contributed by atoms with Crippen LogP contribution in [0.3, 0.4) is 0 Å². The molecule has 0 bridgehead atoms. The molecule has 1 aromatic rings. The van der Waals surface area contributed by atoms with Gasteiger partial charge in [0.05, 0.1) is 13.7 Å². The summed E-state index contributed by atoms with van der Waals surface area (Å²) < 4.78 is 5.09. The topological polar surface area (TPSA) is 93.4 Å². The van der Waals surface area contributed by atoms with Crippen LogP contribution in [0, 0.1) is 0 Å². The number of ether oxygens (including phenoxy) is 1. The predicted molar refractivity (Wildman–Crippen MR) is 77.6 cm³/mol. The fourth-order valence-corrected chi connectivity index (χ4v) is 1.67. The number of anilines is 1. The van der Waals surface area contributed by atoms with Gasteiger partial charge in [0.1, 0.15) is 11.3 Å². The van der Waals surface area contributed by atoms with Crippen LogP contribution in [-0.4, -0.2) is 31.0 Å². The van der Waals surface area contributed by atoms with Gasteiger partial charge in [-0.1, -0.05) is 6.07 Å². The van der Waals surface area contributed by atoms with Crippen molar-refractivity contribution in [2.24, 2.45) is 0 Å². The maximum absolute atomic E-state index is 12.1. The van der Waals surface area contributed by atoms with Gasteiger partial charge in [-0.15, -0.1) is 0 Å². The van der Waals surface area contributed by atoms with E-state index in [1.165, 1.54) is 7.11 Å². The van der Waals surface area contributed by atoms with Gasteiger partial charge in [0.15, 0.2) is 0 Å². The normalized spacial score (nSPS) is 10.8. The van der Waals surface area contributed by atoms with Gasteiger partial charge in [0.2, 0.25) is 5.91 Å². The molecule has 0 saturated carbocycles. The van der Waals surface area contributed by atoms with Gasteiger partial charge < -0.3 is 21.1 Å². The van der Waals surface area contributed by atoms with Crippen molar-refractivity contribution < 1.29 is 14.3 Å². The second-order valence-corrected chi connectivity index (χ2v) is 5.41. The molecule has 0 aromatic heterocycles. The second kappa shape index (κ2) is 6.27. The van der Waals surface area contributed by atoms with E-state index in [9.17, 15) is 9.59 Å². The first-order valence-corrected chi connectivity index (χ1v) is 6.26. The molecule has 6 nitrogen and oxygen atoms in total. The molecule has 0 unspecified atom stereocenters. The average Bonchev–Trinajstić information content (AvgIpc) is 2.33. The zero-order chi connectivity index (χ0) is 15.3. The van der Waals surface area contributed by atoms with Crippen LogP contribution in [-0.2, 0) is 4.79 Å². The Morgan fingerprint density at radius 1 is 1.30 bits per heavy atom. The summed E-state index contributed by atoms with van der Waals surface area (Å²) in [5, 5.41) is 5.28. The lowest BCUT2D eigenvalue weighted by atomic mass is 10.1. The van der Waals surface area contributed by atoms with Gasteiger partial charge in [0.25, 0.3) is 5.91 Å². The number of hydrogen-bond donors (Lipinski definition) is 3. The van der Waals surface area contributed by atoms with E-state index in [-0.39, 0.29) is 23.6 Å². The van der Waals surface area contributed by atoms with Gasteiger partial charge in [-0.25, -0.2) is 0 Å². The SMILES string of the molecule is COc1cccc(N)c1C(=O)NCC(=O)NC(C)(C)C. The molecule has 0 saturated heterocycles. The minimum atomic E-state index is -0.441. The van der Waals surface area contributed by atoms with E-state index in [4.69, 9.17) is 10.5 Å². The summed E-state index contributed by atoms with van der Waals surface area (Å²) >= 11 is 0. The van der Waals surface area contributed by atoms with Gasteiger partial charge in [0, 0.05) is 11.2 Å². The number of amides is 2. The number of carbonyl (C=O) groups is 2. The first-order valence-electron chi connectivity index (χ1n) is 6.26. The molecular weight excluding hydrogens is 258 g/mol. The van der Waals surface area contributed by atoms with E-state index in [2.05, 4.69) is 10.6 Å². The Morgan fingerprint density at radius 2 is 1.95 bits per heavy atom. The highest BCUT2D eigenvalue weighted by molar-refractivity contribution is 6.03. The van der Waals surface area contributed by atoms with Gasteiger partial charge in [-0.05, 0) is 32.9 Å². The predicted octanol–water partition coefficient (Wildman–Crippen LogP) is 0.922. The maximum Gasteiger partial charge on any atom is 0.257 e. The third kappa shape index (κ3) is 4.46. The van der Waals surface area contributed by atoms with Crippen molar-refractivity contribution in [3.8, 4) is 5.75 Å². The molecular formula is C14H21N3O3. The summed E-state index contributed by atoms with van der Waals surface area (Å²) in [6.45, 7) is 5.48. The lowest BCUT2D eigenvalue weighted by Gasteiger charge is -2.20. The molecule has 1 rings (SSSR count). The van der Waals surface area contributed by atoms with Crippen LogP contribution in [0.1, 0.15) is 31.1 Å². The molecule has 0 spiro atoms. The summed E-state index contributed by atoms with van der Waals surface area (Å²) in [5.74, 6) is -0.331. The van der Waals surface area contributed by atoms with Crippen LogP contribution >= 0.6 is 0 Å². The number of nitrogens with two attached hydrogens (primary N) is 1. The number of nitrogen functional groups attached to an aromatic ring is 1. The maximum atomic E-state index is 12.1. The molecule has 1 aromatic carbocycles. The largest absolute Gasteiger partial charge is 0.496 e. The van der Waals surface area contributed by atoms with Gasteiger partial charge in [-0.2, -0.15) is 0 Å². The van der Waals surface area contributed by atoms with E-state index >= 15 is 0 Å². The minimum absolute atomic E-state index is 0.117. The average molecular weight is 279 g/mol. The fraction of sp³-hybridized carbons (Fsp3) is 0.429. The van der Waals surface area contributed by atoms with Crippen molar-refractivity contribution in [2.75, 3.05) is 19.4 Å². The highest BCUT2D eigenvalue weighted by Crippen LogP contribution is 2.23. The molecule has 0 aliphatic heterocycles. The Kier molecular flexibility index (Phi) is 4.96. The van der Waals surface area contributed by atoms with Crippen LogP contribution in [0.15, 0.2) is 18.2 Å². The van der Waals surface area contributed by atoms with Crippen LogP contribution in [0.4, 0.5) is 5.69 Å². The molecule has 6 heteroatoms. The van der Waals surface area contributed by atoms with Crippen LogP contribution < -0.4 is 21.1 Å². The monoisotopic (exact) mass is 279 g/mol. The minimum Gasteiger partial charge on any atom is -0.496 e. The molecule has 0 atom stereocenters. The molecule has 110 valence electrons. The molecule has 0 radical (unpaired) electrons. The van der Waals surface area contributed by atoms with Crippen molar-refractivity contribution in [1.82, 2.24) is 10.6 Å². The quantitative estimate of drug-likeness (QED) is 0.714. The summed E-state index contributed by atoms with van der Waals surface area (Å²) in [4.78, 5) is 23.7. The molecule has 0 fully saturated rings. The highest BCUT2D eigenvalue weighted by Gasteiger charge is 2.18. The molecule has 0 aliphatic rings. The van der Waals surface area contributed by atoms with Gasteiger partial charge >= 0.3 is 0 Å².